The van der Waals surface area contributed by atoms with Crippen LogP contribution in [0.3, 0.4) is 0 Å². The van der Waals surface area contributed by atoms with E-state index in [0.717, 1.165) is 51.6 Å². The van der Waals surface area contributed by atoms with E-state index in [1.54, 1.807) is 12.1 Å². The van der Waals surface area contributed by atoms with Gasteiger partial charge in [-0.1, -0.05) is 29.8 Å². The Hall–Kier alpha value is -3.12. The molecule has 2 fully saturated rings. The number of ether oxygens (including phenoxy) is 3. The lowest BCUT2D eigenvalue weighted by Crippen LogP contribution is -2.50. The first-order chi connectivity index (χ1) is 22.9. The molecule has 0 aromatic heterocycles. The quantitative estimate of drug-likeness (QED) is 0.463. The fraction of sp³-hybridized carbons (Fsp3) is 0.556. The number of hydrogen-bond donors (Lipinski definition) is 1. The maximum Gasteiger partial charge on any atom is 0.265 e. The van der Waals surface area contributed by atoms with Crippen molar-refractivity contribution in [2.24, 2.45) is 11.8 Å². The van der Waals surface area contributed by atoms with Crippen LogP contribution in [0.5, 0.6) is 5.75 Å². The number of nitrogens with one attached hydrogen (secondary N) is 1. The first kappa shape index (κ1) is 33.4. The molecule has 10 nitrogen and oxygen atoms in total. The number of halogens is 1. The van der Waals surface area contributed by atoms with Crippen molar-refractivity contribution in [2.45, 2.75) is 74.4 Å². The number of fused-ring (bicyclic) bond motifs is 4. The van der Waals surface area contributed by atoms with Gasteiger partial charge < -0.3 is 24.0 Å². The number of hydrogen-bond acceptors (Lipinski definition) is 8. The second kappa shape index (κ2) is 13.0. The molecule has 0 radical (unpaired) electrons. The van der Waals surface area contributed by atoms with Crippen LogP contribution < -0.4 is 14.4 Å². The number of sulfonamides is 1. The zero-order valence-electron chi connectivity index (χ0n) is 27.6. The van der Waals surface area contributed by atoms with Crippen molar-refractivity contribution in [1.29, 1.82) is 0 Å². The van der Waals surface area contributed by atoms with Crippen LogP contribution in [-0.2, 0) is 40.9 Å². The number of likely N-dealkylation sites (tertiary alicyclic amines) is 1. The molecule has 2 aromatic carbocycles. The minimum Gasteiger partial charge on any atom is -0.490 e. The lowest BCUT2D eigenvalue weighted by atomic mass is 9.68. The molecule has 1 N–H and O–H groups in total. The summed E-state index contributed by atoms with van der Waals surface area (Å²) in [6.45, 7) is 6.43. The van der Waals surface area contributed by atoms with Crippen LogP contribution in [0.4, 0.5) is 5.69 Å². The third-order valence-corrected chi connectivity index (χ3v) is 12.5. The maximum atomic E-state index is 13.6. The van der Waals surface area contributed by atoms with Gasteiger partial charge in [-0.2, -0.15) is 0 Å². The van der Waals surface area contributed by atoms with E-state index in [4.69, 9.17) is 25.8 Å². The molecule has 2 bridgehead atoms. The monoisotopic (exact) mass is 697 g/mol. The molecule has 48 heavy (non-hydrogen) atoms. The zero-order chi connectivity index (χ0) is 33.7. The predicted octanol–water partition coefficient (Wildman–Crippen LogP) is 4.63. The summed E-state index contributed by atoms with van der Waals surface area (Å²) in [7, 11) is -4.22. The number of carbonyl (C=O) groups excluding carboxylic acids is 2. The van der Waals surface area contributed by atoms with Gasteiger partial charge >= 0.3 is 0 Å². The average molecular weight is 698 g/mol. The van der Waals surface area contributed by atoms with Crippen molar-refractivity contribution < 1.29 is 32.2 Å². The summed E-state index contributed by atoms with van der Waals surface area (Å²) >= 11 is 6.43. The Morgan fingerprint density at radius 1 is 1.12 bits per heavy atom. The number of amides is 2. The van der Waals surface area contributed by atoms with Gasteiger partial charge in [0, 0.05) is 36.6 Å². The van der Waals surface area contributed by atoms with Gasteiger partial charge in [-0.25, -0.2) is 13.1 Å². The minimum absolute atomic E-state index is 0.00272. The molecule has 1 saturated heterocycles. The third kappa shape index (κ3) is 6.46. The predicted molar refractivity (Wildman–Crippen MR) is 182 cm³/mol. The van der Waals surface area contributed by atoms with Crippen LogP contribution >= 0.6 is 11.6 Å². The van der Waals surface area contributed by atoms with Crippen molar-refractivity contribution in [1.82, 2.24) is 9.62 Å². The van der Waals surface area contributed by atoms with Crippen molar-refractivity contribution in [3.8, 4) is 5.75 Å². The van der Waals surface area contributed by atoms with Crippen LogP contribution in [0.15, 0.2) is 53.4 Å². The lowest BCUT2D eigenvalue weighted by molar-refractivity contribution is -0.143. The highest BCUT2D eigenvalue weighted by Gasteiger charge is 2.45. The van der Waals surface area contributed by atoms with Crippen LogP contribution in [-0.4, -0.2) is 82.8 Å². The third-order valence-electron chi connectivity index (χ3n) is 10.9. The van der Waals surface area contributed by atoms with Crippen LogP contribution in [0.1, 0.15) is 57.1 Å². The van der Waals surface area contributed by atoms with E-state index in [1.165, 1.54) is 31.0 Å². The largest absolute Gasteiger partial charge is 0.490 e. The smallest absolute Gasteiger partial charge is 0.265 e. The summed E-state index contributed by atoms with van der Waals surface area (Å²) in [6.07, 6.45) is 9.21. The number of aryl methyl sites for hydroxylation is 1. The summed E-state index contributed by atoms with van der Waals surface area (Å²) in [4.78, 5) is 30.1. The second-order valence-electron chi connectivity index (χ2n) is 14.4. The number of rotatable bonds is 3. The molecular weight excluding hydrogens is 654 g/mol. The number of anilines is 1. The van der Waals surface area contributed by atoms with E-state index < -0.39 is 21.5 Å². The molecule has 258 valence electrons. The molecule has 12 heteroatoms. The SMILES string of the molecule is CC1(C)OC/C=C\[C@H](OCC(=O)N2CCC2)[C@@H]2CC[C@H]2CN2C[C@@]3(CCCc4cc(Cl)ccc43)COc3ccc(cc32)S(=O)(=O)NC1=O. The van der Waals surface area contributed by atoms with Crippen molar-refractivity contribution >= 4 is 39.1 Å². The van der Waals surface area contributed by atoms with Crippen LogP contribution in [0.25, 0.3) is 0 Å². The molecule has 1 spiro atoms. The highest BCUT2D eigenvalue weighted by molar-refractivity contribution is 7.90. The van der Waals surface area contributed by atoms with Crippen molar-refractivity contribution in [2.75, 3.05) is 50.9 Å². The van der Waals surface area contributed by atoms with E-state index in [9.17, 15) is 18.0 Å². The molecule has 3 heterocycles. The Balaban J connectivity index is 1.27. The summed E-state index contributed by atoms with van der Waals surface area (Å²) in [6, 6.07) is 10.9. The summed E-state index contributed by atoms with van der Waals surface area (Å²) in [5.74, 6) is 0.195. The topological polar surface area (TPSA) is 114 Å². The molecule has 2 aliphatic carbocycles. The van der Waals surface area contributed by atoms with Gasteiger partial charge in [-0.3, -0.25) is 9.59 Å². The lowest BCUT2D eigenvalue weighted by Gasteiger charge is -2.46. The molecule has 1 saturated carbocycles. The normalized spacial score (nSPS) is 30.0. The first-order valence-electron chi connectivity index (χ1n) is 17.0. The summed E-state index contributed by atoms with van der Waals surface area (Å²) in [5.41, 5.74) is 1.37. The average Bonchev–Trinajstić information content (AvgIpc) is 3.15. The molecular formula is C36H44ClN3O7S. The molecule has 0 unspecified atom stereocenters. The maximum absolute atomic E-state index is 13.6. The van der Waals surface area contributed by atoms with E-state index >= 15 is 0 Å². The minimum atomic E-state index is -4.22. The molecule has 5 aliphatic rings. The number of carbonyl (C=O) groups is 2. The van der Waals surface area contributed by atoms with Crippen LogP contribution in [0, 0.1) is 11.8 Å². The second-order valence-corrected chi connectivity index (χ2v) is 16.5. The van der Waals surface area contributed by atoms with E-state index in [1.807, 2.05) is 23.1 Å². The van der Waals surface area contributed by atoms with E-state index in [0.29, 0.717) is 36.2 Å². The Kier molecular flexibility index (Phi) is 9.02. The summed E-state index contributed by atoms with van der Waals surface area (Å²) in [5, 5.41) is 0.711. The van der Waals surface area contributed by atoms with Gasteiger partial charge in [-0.15, -0.1) is 0 Å². The molecule has 3 aliphatic heterocycles. The molecule has 7 rings (SSSR count). The Bertz CT molecular complexity index is 1730. The number of nitrogens with zero attached hydrogens (tertiary/aromatic N) is 2. The fourth-order valence-electron chi connectivity index (χ4n) is 7.76. The Morgan fingerprint density at radius 3 is 2.71 bits per heavy atom. The van der Waals surface area contributed by atoms with Gasteiger partial charge in [0.05, 0.1) is 29.9 Å². The molecule has 2 amide bonds. The van der Waals surface area contributed by atoms with Gasteiger partial charge in [0.1, 0.15) is 18.0 Å². The van der Waals surface area contributed by atoms with E-state index in [2.05, 4.69) is 21.8 Å². The van der Waals surface area contributed by atoms with Gasteiger partial charge in [0.2, 0.25) is 5.91 Å². The van der Waals surface area contributed by atoms with E-state index in [-0.39, 0.29) is 47.4 Å². The van der Waals surface area contributed by atoms with Gasteiger partial charge in [-0.05, 0) is 106 Å². The Morgan fingerprint density at radius 2 is 1.96 bits per heavy atom. The van der Waals surface area contributed by atoms with Crippen molar-refractivity contribution in [3.63, 3.8) is 0 Å². The number of benzene rings is 2. The fourth-order valence-corrected chi connectivity index (χ4v) is 9.08. The highest BCUT2D eigenvalue weighted by atomic mass is 35.5. The molecule has 4 atom stereocenters. The Labute approximate surface area is 287 Å². The van der Waals surface area contributed by atoms with Gasteiger partial charge in [0.25, 0.3) is 15.9 Å². The standard InChI is InChI=1S/C36H44ClN3O7S/c1-35(2)34(42)38-48(43,44)27-10-13-32-30(19-27)40(22-36(23-46-32)14-3-6-24-18-26(37)9-12-29(24)36)20-25-8-11-28(25)31(7-4-17-47-35)45-21-33(41)39-15-5-16-39/h4,7,9-10,12-13,18-19,25,28,31H,3,5-6,8,11,14-17,20-23H2,1-2H3,(H,38,42)/b7-4-/t25-,28+,31-,36-/m0/s1. The van der Waals surface area contributed by atoms with Crippen LogP contribution in [0.2, 0.25) is 5.02 Å². The summed E-state index contributed by atoms with van der Waals surface area (Å²) < 4.78 is 48.2. The highest BCUT2D eigenvalue weighted by Crippen LogP contribution is 2.47. The van der Waals surface area contributed by atoms with Gasteiger partial charge in [0.15, 0.2) is 0 Å². The molecule has 2 aromatic rings. The first-order valence-corrected chi connectivity index (χ1v) is 18.9. The van der Waals surface area contributed by atoms with Crippen molar-refractivity contribution in [3.05, 3.63) is 64.7 Å². The zero-order valence-corrected chi connectivity index (χ0v) is 29.2.